The molecule has 0 bridgehead atoms. The number of likely N-dealkylation sites (tertiary alicyclic amines) is 1. The van der Waals surface area contributed by atoms with Gasteiger partial charge in [0.1, 0.15) is 11.6 Å². The number of hydrogen-bond donors (Lipinski definition) is 1. The number of piperidine rings is 1. The van der Waals surface area contributed by atoms with Crippen LogP contribution in [0.2, 0.25) is 0 Å². The summed E-state index contributed by atoms with van der Waals surface area (Å²) in [7, 11) is 0. The van der Waals surface area contributed by atoms with Crippen LogP contribution in [-0.2, 0) is 17.8 Å². The Balaban J connectivity index is 1.40. The summed E-state index contributed by atoms with van der Waals surface area (Å²) in [5.74, 6) is 2.73. The molecule has 1 unspecified atom stereocenters. The standard InChI is InChI=1S/C22H31N5O/c1-16-8-6-10-19(17(16)2)23-21(28)15-26-12-7-9-18(14-26)22-25-24-20-11-4-3-5-13-27(20)22/h6,8,10,18H,3-5,7,9,11-15H2,1-2H3,(H,23,28). The van der Waals surface area contributed by atoms with Crippen molar-refractivity contribution >= 4 is 11.6 Å². The predicted molar refractivity (Wildman–Crippen MR) is 111 cm³/mol. The van der Waals surface area contributed by atoms with E-state index in [4.69, 9.17) is 0 Å². The van der Waals surface area contributed by atoms with Gasteiger partial charge >= 0.3 is 0 Å². The van der Waals surface area contributed by atoms with E-state index in [1.54, 1.807) is 0 Å². The summed E-state index contributed by atoms with van der Waals surface area (Å²) in [6.07, 6.45) is 6.98. The molecule has 0 spiro atoms. The summed E-state index contributed by atoms with van der Waals surface area (Å²) in [6.45, 7) is 7.46. The van der Waals surface area contributed by atoms with Crippen molar-refractivity contribution in [3.63, 3.8) is 0 Å². The Morgan fingerprint density at radius 3 is 2.93 bits per heavy atom. The lowest BCUT2D eigenvalue weighted by molar-refractivity contribution is -0.117. The first-order valence-electron chi connectivity index (χ1n) is 10.6. The Labute approximate surface area is 167 Å². The average Bonchev–Trinajstić information content (AvgIpc) is 2.94. The van der Waals surface area contributed by atoms with Crippen LogP contribution in [0, 0.1) is 13.8 Å². The highest BCUT2D eigenvalue weighted by Crippen LogP contribution is 2.28. The summed E-state index contributed by atoms with van der Waals surface area (Å²) in [4.78, 5) is 14.9. The number of carbonyl (C=O) groups is 1. The van der Waals surface area contributed by atoms with Gasteiger partial charge < -0.3 is 9.88 Å². The number of carbonyl (C=O) groups excluding carboxylic acids is 1. The number of anilines is 1. The molecule has 1 aromatic heterocycles. The van der Waals surface area contributed by atoms with Crippen molar-refractivity contribution in [3.05, 3.63) is 41.0 Å². The molecule has 1 N–H and O–H groups in total. The molecule has 6 heteroatoms. The number of rotatable bonds is 4. The first-order valence-corrected chi connectivity index (χ1v) is 10.6. The Morgan fingerprint density at radius 1 is 1.14 bits per heavy atom. The third-order valence-electron chi connectivity index (χ3n) is 6.25. The van der Waals surface area contributed by atoms with Crippen molar-refractivity contribution in [1.29, 1.82) is 0 Å². The molecule has 2 aliphatic heterocycles. The molecule has 0 radical (unpaired) electrons. The number of hydrogen-bond acceptors (Lipinski definition) is 4. The summed E-state index contributed by atoms with van der Waals surface area (Å²) in [6, 6.07) is 6.04. The average molecular weight is 382 g/mol. The summed E-state index contributed by atoms with van der Waals surface area (Å²) in [5, 5.41) is 12.1. The molecular weight excluding hydrogens is 350 g/mol. The maximum Gasteiger partial charge on any atom is 0.238 e. The molecule has 28 heavy (non-hydrogen) atoms. The quantitative estimate of drug-likeness (QED) is 0.881. The van der Waals surface area contributed by atoms with Gasteiger partial charge in [-0.15, -0.1) is 10.2 Å². The number of amides is 1. The minimum absolute atomic E-state index is 0.0643. The number of nitrogens with one attached hydrogen (secondary N) is 1. The molecule has 1 fully saturated rings. The van der Waals surface area contributed by atoms with Crippen molar-refractivity contribution < 1.29 is 4.79 Å². The predicted octanol–water partition coefficient (Wildman–Crippen LogP) is 3.44. The number of aromatic nitrogens is 3. The minimum atomic E-state index is 0.0643. The van der Waals surface area contributed by atoms with Crippen molar-refractivity contribution in [2.45, 2.75) is 64.8 Å². The second-order valence-corrected chi connectivity index (χ2v) is 8.31. The molecule has 1 atom stereocenters. The second-order valence-electron chi connectivity index (χ2n) is 8.31. The molecule has 1 aromatic carbocycles. The van der Waals surface area contributed by atoms with E-state index in [0.717, 1.165) is 61.8 Å². The zero-order valence-electron chi connectivity index (χ0n) is 17.1. The van der Waals surface area contributed by atoms with E-state index in [0.29, 0.717) is 12.5 Å². The smallest absolute Gasteiger partial charge is 0.238 e. The monoisotopic (exact) mass is 381 g/mol. The molecular formula is C22H31N5O. The molecule has 2 aromatic rings. The van der Waals surface area contributed by atoms with Crippen LogP contribution in [-0.4, -0.2) is 45.2 Å². The third kappa shape index (κ3) is 4.12. The summed E-state index contributed by atoms with van der Waals surface area (Å²) < 4.78 is 2.36. The first-order chi connectivity index (χ1) is 13.6. The fourth-order valence-corrected chi connectivity index (χ4v) is 4.50. The first kappa shape index (κ1) is 19.1. The topological polar surface area (TPSA) is 63.1 Å². The molecule has 3 heterocycles. The van der Waals surface area contributed by atoms with Crippen molar-refractivity contribution in [2.75, 3.05) is 25.0 Å². The van der Waals surface area contributed by atoms with Gasteiger partial charge in [0.2, 0.25) is 5.91 Å². The molecule has 0 saturated carbocycles. The number of benzene rings is 1. The lowest BCUT2D eigenvalue weighted by Gasteiger charge is -2.32. The van der Waals surface area contributed by atoms with E-state index >= 15 is 0 Å². The van der Waals surface area contributed by atoms with Crippen molar-refractivity contribution in [1.82, 2.24) is 19.7 Å². The van der Waals surface area contributed by atoms with Gasteiger partial charge in [-0.1, -0.05) is 18.6 Å². The van der Waals surface area contributed by atoms with Crippen LogP contribution in [0.4, 0.5) is 5.69 Å². The van der Waals surface area contributed by atoms with E-state index < -0.39 is 0 Å². The largest absolute Gasteiger partial charge is 0.325 e. The number of fused-ring (bicyclic) bond motifs is 1. The van der Waals surface area contributed by atoms with E-state index in [1.807, 2.05) is 12.1 Å². The highest BCUT2D eigenvalue weighted by atomic mass is 16.2. The molecule has 1 amide bonds. The fraction of sp³-hybridized carbons (Fsp3) is 0.591. The van der Waals surface area contributed by atoms with Gasteiger partial charge in [-0.25, -0.2) is 0 Å². The zero-order chi connectivity index (χ0) is 19.5. The molecule has 0 aliphatic carbocycles. The van der Waals surface area contributed by atoms with Gasteiger partial charge in [-0.05, 0) is 63.3 Å². The van der Waals surface area contributed by atoms with Gasteiger partial charge in [-0.3, -0.25) is 9.69 Å². The van der Waals surface area contributed by atoms with E-state index in [2.05, 4.69) is 44.9 Å². The van der Waals surface area contributed by atoms with Gasteiger partial charge in [0.15, 0.2) is 0 Å². The van der Waals surface area contributed by atoms with Crippen LogP contribution in [0.5, 0.6) is 0 Å². The van der Waals surface area contributed by atoms with Crippen LogP contribution >= 0.6 is 0 Å². The number of nitrogens with zero attached hydrogens (tertiary/aromatic N) is 4. The number of aryl methyl sites for hydroxylation is 2. The van der Waals surface area contributed by atoms with Gasteiger partial charge in [-0.2, -0.15) is 0 Å². The maximum absolute atomic E-state index is 12.6. The van der Waals surface area contributed by atoms with Crippen LogP contribution in [0.15, 0.2) is 18.2 Å². The van der Waals surface area contributed by atoms with E-state index in [-0.39, 0.29) is 5.91 Å². The normalized spacial score (nSPS) is 20.4. The fourth-order valence-electron chi connectivity index (χ4n) is 4.50. The second kappa shape index (κ2) is 8.43. The lowest BCUT2D eigenvalue weighted by atomic mass is 9.97. The maximum atomic E-state index is 12.6. The Hall–Kier alpha value is -2.21. The highest BCUT2D eigenvalue weighted by Gasteiger charge is 2.28. The molecule has 1 saturated heterocycles. The SMILES string of the molecule is Cc1cccc(NC(=O)CN2CCCC(c3nnc4n3CCCCC4)C2)c1C. The van der Waals surface area contributed by atoms with Crippen LogP contribution < -0.4 is 5.32 Å². The van der Waals surface area contributed by atoms with Gasteiger partial charge in [0.05, 0.1) is 6.54 Å². The minimum Gasteiger partial charge on any atom is -0.325 e. The molecule has 2 aliphatic rings. The Morgan fingerprint density at radius 2 is 2.04 bits per heavy atom. The van der Waals surface area contributed by atoms with Gasteiger partial charge in [0.25, 0.3) is 0 Å². The van der Waals surface area contributed by atoms with E-state index in [1.165, 1.54) is 24.8 Å². The Kier molecular flexibility index (Phi) is 5.76. The highest BCUT2D eigenvalue weighted by molar-refractivity contribution is 5.93. The summed E-state index contributed by atoms with van der Waals surface area (Å²) >= 11 is 0. The van der Waals surface area contributed by atoms with Crippen LogP contribution in [0.3, 0.4) is 0 Å². The third-order valence-corrected chi connectivity index (χ3v) is 6.25. The molecule has 4 rings (SSSR count). The summed E-state index contributed by atoms with van der Waals surface area (Å²) in [5.41, 5.74) is 3.25. The van der Waals surface area contributed by atoms with E-state index in [9.17, 15) is 4.79 Å². The molecule has 6 nitrogen and oxygen atoms in total. The van der Waals surface area contributed by atoms with Crippen LogP contribution in [0.25, 0.3) is 0 Å². The molecule has 150 valence electrons. The van der Waals surface area contributed by atoms with Crippen molar-refractivity contribution in [2.24, 2.45) is 0 Å². The van der Waals surface area contributed by atoms with Crippen LogP contribution in [0.1, 0.15) is 60.8 Å². The zero-order valence-corrected chi connectivity index (χ0v) is 17.1. The Bertz CT molecular complexity index is 843. The van der Waals surface area contributed by atoms with Gasteiger partial charge in [0, 0.05) is 31.1 Å². The van der Waals surface area contributed by atoms with Crippen molar-refractivity contribution in [3.8, 4) is 0 Å². The lowest BCUT2D eigenvalue weighted by Crippen LogP contribution is -2.40.